The van der Waals surface area contributed by atoms with Gasteiger partial charge < -0.3 is 10.2 Å². The zero-order chi connectivity index (χ0) is 11.3. The molecule has 0 amide bonds. The molecule has 15 heavy (non-hydrogen) atoms. The first-order valence-corrected chi connectivity index (χ1v) is 5.05. The number of nitrogens with zero attached hydrogens (tertiary/aromatic N) is 2. The molecule has 0 radical (unpaired) electrons. The van der Waals surface area contributed by atoms with Gasteiger partial charge in [-0.1, -0.05) is 0 Å². The minimum Gasteiger partial charge on any atom is -0.480 e. The molecule has 6 nitrogen and oxygen atoms in total. The first-order chi connectivity index (χ1) is 7.08. The topological polar surface area (TPSA) is 90.7 Å². The number of aromatic nitrogens is 1. The number of hydrogen-bond donors (Lipinski definition) is 2. The van der Waals surface area contributed by atoms with Crippen LogP contribution in [0.1, 0.15) is 5.69 Å². The van der Waals surface area contributed by atoms with Crippen molar-refractivity contribution >= 4 is 23.3 Å². The van der Waals surface area contributed by atoms with Crippen LogP contribution >= 0.6 is 11.3 Å². The molecule has 1 aromatic heterocycles. The van der Waals surface area contributed by atoms with E-state index in [4.69, 9.17) is 10.2 Å². The van der Waals surface area contributed by atoms with Crippen molar-refractivity contribution in [1.82, 2.24) is 9.88 Å². The number of aliphatic carboxylic acids is 2. The molecule has 0 spiro atoms. The minimum atomic E-state index is -1.05. The van der Waals surface area contributed by atoms with Crippen LogP contribution in [0, 0.1) is 0 Å². The van der Waals surface area contributed by atoms with E-state index >= 15 is 0 Å². The van der Waals surface area contributed by atoms with Gasteiger partial charge in [-0.15, -0.1) is 11.3 Å². The second-order valence-corrected chi connectivity index (χ2v) is 3.63. The Morgan fingerprint density at radius 2 is 1.93 bits per heavy atom. The van der Waals surface area contributed by atoms with E-state index in [-0.39, 0.29) is 19.6 Å². The maximum atomic E-state index is 10.5. The largest absolute Gasteiger partial charge is 0.480 e. The van der Waals surface area contributed by atoms with Crippen molar-refractivity contribution in [3.63, 3.8) is 0 Å². The molecule has 1 heterocycles. The Kier molecular flexibility index (Phi) is 4.19. The summed E-state index contributed by atoms with van der Waals surface area (Å²) in [6.45, 7) is -0.365. The summed E-state index contributed by atoms with van der Waals surface area (Å²) < 4.78 is 0. The summed E-state index contributed by atoms with van der Waals surface area (Å²) in [5.41, 5.74) is 2.30. The van der Waals surface area contributed by atoms with Gasteiger partial charge in [0.15, 0.2) is 0 Å². The highest BCUT2D eigenvalue weighted by Crippen LogP contribution is 2.05. The molecular formula is C8H10N2O4S. The van der Waals surface area contributed by atoms with E-state index in [1.807, 2.05) is 0 Å². The Morgan fingerprint density at radius 1 is 1.33 bits per heavy atom. The van der Waals surface area contributed by atoms with Crippen molar-refractivity contribution in [1.29, 1.82) is 0 Å². The molecule has 0 aromatic carbocycles. The molecule has 0 atom stereocenters. The van der Waals surface area contributed by atoms with Crippen LogP contribution in [-0.4, -0.2) is 45.1 Å². The monoisotopic (exact) mass is 230 g/mol. The van der Waals surface area contributed by atoms with Crippen molar-refractivity contribution < 1.29 is 19.8 Å². The van der Waals surface area contributed by atoms with Gasteiger partial charge in [0, 0.05) is 11.9 Å². The van der Waals surface area contributed by atoms with Crippen molar-refractivity contribution in [2.75, 3.05) is 13.1 Å². The number of hydrogen-bond acceptors (Lipinski definition) is 5. The molecule has 82 valence electrons. The van der Waals surface area contributed by atoms with Crippen molar-refractivity contribution in [2.24, 2.45) is 0 Å². The maximum absolute atomic E-state index is 10.5. The van der Waals surface area contributed by atoms with E-state index in [0.717, 1.165) is 0 Å². The molecule has 0 fully saturated rings. The normalized spacial score (nSPS) is 10.5. The predicted molar refractivity (Wildman–Crippen MR) is 52.7 cm³/mol. The van der Waals surface area contributed by atoms with Gasteiger partial charge in [-0.3, -0.25) is 14.5 Å². The number of thiazole rings is 1. The molecule has 0 bridgehead atoms. The quantitative estimate of drug-likeness (QED) is 0.721. The van der Waals surface area contributed by atoms with Crippen LogP contribution in [0.15, 0.2) is 10.9 Å². The van der Waals surface area contributed by atoms with Crippen LogP contribution in [0.2, 0.25) is 0 Å². The van der Waals surface area contributed by atoms with Gasteiger partial charge in [-0.05, 0) is 0 Å². The fraction of sp³-hybridized carbons (Fsp3) is 0.375. The van der Waals surface area contributed by atoms with Crippen molar-refractivity contribution in [2.45, 2.75) is 6.54 Å². The fourth-order valence-corrected chi connectivity index (χ4v) is 1.64. The molecule has 0 saturated carbocycles. The SMILES string of the molecule is O=C(O)CN(CC(=O)O)Cc1cscn1. The lowest BCUT2D eigenvalue weighted by Gasteiger charge is -2.15. The number of carboxylic acid groups (broad SMARTS) is 2. The van der Waals surface area contributed by atoms with E-state index < -0.39 is 11.9 Å². The first kappa shape index (κ1) is 11.6. The second kappa shape index (κ2) is 5.42. The van der Waals surface area contributed by atoms with Crippen LogP contribution in [0.25, 0.3) is 0 Å². The Morgan fingerprint density at radius 3 is 2.33 bits per heavy atom. The van der Waals surface area contributed by atoms with Gasteiger partial charge in [0.05, 0.1) is 24.3 Å². The lowest BCUT2D eigenvalue weighted by molar-refractivity contribution is -0.142. The number of carbonyl (C=O) groups is 2. The summed E-state index contributed by atoms with van der Waals surface area (Å²) >= 11 is 1.39. The standard InChI is InChI=1S/C8H10N2O4S/c11-7(12)2-10(3-8(13)14)1-6-4-15-5-9-6/h4-5H,1-3H2,(H,11,12)(H,13,14). The Bertz CT molecular complexity index is 322. The zero-order valence-electron chi connectivity index (χ0n) is 7.79. The van der Waals surface area contributed by atoms with E-state index in [0.29, 0.717) is 5.69 Å². The molecule has 7 heteroatoms. The van der Waals surface area contributed by atoms with Crippen molar-refractivity contribution in [3.05, 3.63) is 16.6 Å². The molecule has 1 rings (SSSR count). The molecule has 0 unspecified atom stereocenters. The van der Waals surface area contributed by atoms with Crippen molar-refractivity contribution in [3.8, 4) is 0 Å². The van der Waals surface area contributed by atoms with E-state index in [9.17, 15) is 9.59 Å². The van der Waals surface area contributed by atoms with Crippen LogP contribution in [-0.2, 0) is 16.1 Å². The fourth-order valence-electron chi connectivity index (χ4n) is 1.09. The highest BCUT2D eigenvalue weighted by atomic mass is 32.1. The summed E-state index contributed by atoms with van der Waals surface area (Å²) in [6, 6.07) is 0. The third-order valence-electron chi connectivity index (χ3n) is 1.59. The molecule has 0 aliphatic carbocycles. The first-order valence-electron chi connectivity index (χ1n) is 4.11. The summed E-state index contributed by atoms with van der Waals surface area (Å²) in [5.74, 6) is -2.10. The van der Waals surface area contributed by atoms with Crippen LogP contribution in [0.4, 0.5) is 0 Å². The smallest absolute Gasteiger partial charge is 0.317 e. The average molecular weight is 230 g/mol. The highest BCUT2D eigenvalue weighted by molar-refractivity contribution is 7.07. The Balaban J connectivity index is 2.55. The lowest BCUT2D eigenvalue weighted by Crippen LogP contribution is -2.34. The van der Waals surface area contributed by atoms with Gasteiger partial charge in [-0.2, -0.15) is 0 Å². The summed E-state index contributed by atoms with van der Waals surface area (Å²) in [7, 11) is 0. The molecule has 0 aliphatic heterocycles. The van der Waals surface area contributed by atoms with E-state index in [2.05, 4.69) is 4.98 Å². The Hall–Kier alpha value is -1.47. The second-order valence-electron chi connectivity index (χ2n) is 2.91. The maximum Gasteiger partial charge on any atom is 0.317 e. The Labute approximate surface area is 89.8 Å². The van der Waals surface area contributed by atoms with Crippen LogP contribution < -0.4 is 0 Å². The van der Waals surface area contributed by atoms with E-state index in [1.165, 1.54) is 16.2 Å². The molecule has 2 N–H and O–H groups in total. The number of rotatable bonds is 6. The zero-order valence-corrected chi connectivity index (χ0v) is 8.61. The van der Waals surface area contributed by atoms with Crippen LogP contribution in [0.3, 0.4) is 0 Å². The molecular weight excluding hydrogens is 220 g/mol. The van der Waals surface area contributed by atoms with Crippen LogP contribution in [0.5, 0.6) is 0 Å². The van der Waals surface area contributed by atoms with Gasteiger partial charge in [0.2, 0.25) is 0 Å². The minimum absolute atomic E-state index is 0.238. The third-order valence-corrected chi connectivity index (χ3v) is 2.22. The molecule has 0 saturated heterocycles. The van der Waals surface area contributed by atoms with Gasteiger partial charge in [-0.25, -0.2) is 4.98 Å². The van der Waals surface area contributed by atoms with E-state index in [1.54, 1.807) is 10.9 Å². The highest BCUT2D eigenvalue weighted by Gasteiger charge is 2.14. The lowest BCUT2D eigenvalue weighted by atomic mass is 10.4. The predicted octanol–water partition coefficient (Wildman–Crippen LogP) is 0.114. The average Bonchev–Trinajstić information content (AvgIpc) is 2.53. The third kappa shape index (κ3) is 4.52. The van der Waals surface area contributed by atoms with Gasteiger partial charge in [0.25, 0.3) is 0 Å². The molecule has 0 aliphatic rings. The van der Waals surface area contributed by atoms with Gasteiger partial charge >= 0.3 is 11.9 Å². The van der Waals surface area contributed by atoms with Gasteiger partial charge in [0.1, 0.15) is 0 Å². The molecule has 1 aromatic rings. The summed E-state index contributed by atoms with van der Waals surface area (Å²) in [5, 5.41) is 18.9. The number of carboxylic acids is 2. The summed E-state index contributed by atoms with van der Waals surface area (Å²) in [4.78, 5) is 26.2. The summed E-state index contributed by atoms with van der Waals surface area (Å²) in [6.07, 6.45) is 0.